The van der Waals surface area contributed by atoms with E-state index in [4.69, 9.17) is 0 Å². The molecule has 0 aliphatic heterocycles. The zero-order chi connectivity index (χ0) is 12.3. The van der Waals surface area contributed by atoms with Gasteiger partial charge in [0.15, 0.2) is 0 Å². The van der Waals surface area contributed by atoms with E-state index in [-0.39, 0.29) is 0 Å². The van der Waals surface area contributed by atoms with Crippen molar-refractivity contribution < 1.29 is 0 Å². The van der Waals surface area contributed by atoms with E-state index in [0.717, 1.165) is 23.7 Å². The number of aromatic nitrogens is 2. The Bertz CT molecular complexity index is 229. The normalized spacial score (nSPS) is 8.53. The summed E-state index contributed by atoms with van der Waals surface area (Å²) >= 11 is 0. The van der Waals surface area contributed by atoms with Crippen LogP contribution in [0.25, 0.3) is 0 Å². The van der Waals surface area contributed by atoms with E-state index in [9.17, 15) is 0 Å². The molecule has 0 aliphatic carbocycles. The number of nitrogens with zero attached hydrogens (tertiary/aromatic N) is 2. The van der Waals surface area contributed by atoms with Gasteiger partial charge in [-0.1, -0.05) is 41.5 Å². The Morgan fingerprint density at radius 2 is 1.60 bits per heavy atom. The Morgan fingerprint density at radius 1 is 1.13 bits per heavy atom. The minimum atomic E-state index is 0.833. The summed E-state index contributed by atoms with van der Waals surface area (Å²) in [5.74, 6) is 0.833. The molecule has 0 fully saturated rings. The molecule has 0 N–H and O–H groups in total. The largest absolute Gasteiger partial charge is 0.261 e. The number of hydrogen-bond donors (Lipinski definition) is 0. The average Bonchev–Trinajstić information content (AvgIpc) is 2.20. The molecule has 0 spiro atoms. The van der Waals surface area contributed by atoms with Crippen LogP contribution >= 0.6 is 0 Å². The molecule has 0 saturated carbocycles. The minimum Gasteiger partial charge on any atom is -0.261 e. The van der Waals surface area contributed by atoms with Gasteiger partial charge in [0.25, 0.3) is 0 Å². The number of aryl methyl sites for hydroxylation is 2. The van der Waals surface area contributed by atoms with Crippen LogP contribution in [0.15, 0.2) is 12.4 Å². The highest BCUT2D eigenvalue weighted by atomic mass is 14.8. The monoisotopic (exact) mass is 210 g/mol. The van der Waals surface area contributed by atoms with Crippen LogP contribution in [-0.4, -0.2) is 9.97 Å². The van der Waals surface area contributed by atoms with E-state index in [1.165, 1.54) is 0 Å². The highest BCUT2D eigenvalue weighted by Gasteiger charge is 1.88. The number of hydrogen-bond acceptors (Lipinski definition) is 2. The molecule has 88 valence electrons. The summed E-state index contributed by atoms with van der Waals surface area (Å²) < 4.78 is 0. The first kappa shape index (κ1) is 16.5. The molecule has 0 atom stereocenters. The van der Waals surface area contributed by atoms with Crippen molar-refractivity contribution in [1.82, 2.24) is 9.97 Å². The summed E-state index contributed by atoms with van der Waals surface area (Å²) in [5.41, 5.74) is 2.06. The fourth-order valence-corrected chi connectivity index (χ4v) is 0.686. The highest BCUT2D eigenvalue weighted by Crippen LogP contribution is 1.93. The van der Waals surface area contributed by atoms with Crippen molar-refractivity contribution in [2.24, 2.45) is 5.92 Å². The van der Waals surface area contributed by atoms with Crippen LogP contribution in [0.4, 0.5) is 0 Å². The summed E-state index contributed by atoms with van der Waals surface area (Å²) in [6, 6.07) is 0. The molecule has 1 aromatic heterocycles. The van der Waals surface area contributed by atoms with Crippen LogP contribution in [0.1, 0.15) is 52.9 Å². The maximum Gasteiger partial charge on any atom is 0.0587 e. The molecule has 2 nitrogen and oxygen atoms in total. The Hall–Kier alpha value is -0.920. The van der Waals surface area contributed by atoms with Crippen molar-refractivity contribution in [3.8, 4) is 0 Å². The lowest BCUT2D eigenvalue weighted by Crippen LogP contribution is -1.90. The van der Waals surface area contributed by atoms with Crippen LogP contribution < -0.4 is 0 Å². The van der Waals surface area contributed by atoms with E-state index in [1.807, 2.05) is 20.8 Å². The maximum absolute atomic E-state index is 4.23. The van der Waals surface area contributed by atoms with E-state index >= 15 is 0 Å². The minimum absolute atomic E-state index is 0.833. The second kappa shape index (κ2) is 11.2. The highest BCUT2D eigenvalue weighted by molar-refractivity contribution is 5.00. The van der Waals surface area contributed by atoms with Crippen LogP contribution in [0.2, 0.25) is 0 Å². The first-order valence-corrected chi connectivity index (χ1v) is 5.83. The molecular formula is C13H26N2. The molecule has 0 aromatic carbocycles. The molecule has 0 aliphatic rings. The van der Waals surface area contributed by atoms with Gasteiger partial charge in [-0.25, -0.2) is 0 Å². The molecule has 1 aromatic rings. The van der Waals surface area contributed by atoms with Gasteiger partial charge in [-0.15, -0.1) is 0 Å². The third kappa shape index (κ3) is 13.1. The SMILES string of the molecule is CC.CC(C)C.CCc1cncc(C)n1. The zero-order valence-electron chi connectivity index (χ0n) is 11.3. The van der Waals surface area contributed by atoms with Gasteiger partial charge in [0.1, 0.15) is 0 Å². The molecule has 0 saturated heterocycles. The maximum atomic E-state index is 4.23. The van der Waals surface area contributed by atoms with Gasteiger partial charge in [-0.3, -0.25) is 9.97 Å². The lowest BCUT2D eigenvalue weighted by atomic mass is 10.3. The standard InChI is InChI=1S/C7H10N2.C4H10.C2H6/c1-3-7-5-8-4-6(2)9-7;1-4(2)3;1-2/h4-5H,3H2,1-2H3;4H,1-3H3;1-2H3. The van der Waals surface area contributed by atoms with Crippen LogP contribution in [0, 0.1) is 12.8 Å². The van der Waals surface area contributed by atoms with Gasteiger partial charge in [0.05, 0.1) is 11.4 Å². The van der Waals surface area contributed by atoms with Crippen molar-refractivity contribution in [3.05, 3.63) is 23.8 Å². The van der Waals surface area contributed by atoms with Crippen molar-refractivity contribution in [3.63, 3.8) is 0 Å². The quantitative estimate of drug-likeness (QED) is 0.699. The Labute approximate surface area is 95.2 Å². The van der Waals surface area contributed by atoms with Crippen LogP contribution in [-0.2, 0) is 6.42 Å². The fraction of sp³-hybridized carbons (Fsp3) is 0.692. The van der Waals surface area contributed by atoms with Gasteiger partial charge in [0, 0.05) is 12.4 Å². The molecule has 2 heteroatoms. The number of rotatable bonds is 1. The first-order valence-electron chi connectivity index (χ1n) is 5.83. The Balaban J connectivity index is 0. The second-order valence-corrected chi connectivity index (χ2v) is 3.74. The van der Waals surface area contributed by atoms with E-state index in [0.29, 0.717) is 0 Å². The second-order valence-electron chi connectivity index (χ2n) is 3.74. The predicted octanol–water partition coefficient (Wildman–Crippen LogP) is 4.04. The van der Waals surface area contributed by atoms with Gasteiger partial charge in [0.2, 0.25) is 0 Å². The lowest BCUT2D eigenvalue weighted by molar-refractivity contribution is 0.737. The van der Waals surface area contributed by atoms with E-state index in [1.54, 1.807) is 12.4 Å². The molecular weight excluding hydrogens is 184 g/mol. The topological polar surface area (TPSA) is 25.8 Å². The molecule has 0 unspecified atom stereocenters. The summed E-state index contributed by atoms with van der Waals surface area (Å²) in [5, 5.41) is 0. The van der Waals surface area contributed by atoms with Crippen LogP contribution in [0.5, 0.6) is 0 Å². The van der Waals surface area contributed by atoms with Crippen molar-refractivity contribution in [2.75, 3.05) is 0 Å². The molecule has 0 amide bonds. The molecule has 0 bridgehead atoms. The zero-order valence-corrected chi connectivity index (χ0v) is 11.3. The third-order valence-corrected chi connectivity index (χ3v) is 1.17. The Morgan fingerprint density at radius 3 is 1.87 bits per heavy atom. The third-order valence-electron chi connectivity index (χ3n) is 1.17. The summed E-state index contributed by atoms with van der Waals surface area (Å²) in [4.78, 5) is 8.22. The van der Waals surface area contributed by atoms with Gasteiger partial charge in [-0.2, -0.15) is 0 Å². The molecule has 1 heterocycles. The predicted molar refractivity (Wildman–Crippen MR) is 68.0 cm³/mol. The smallest absolute Gasteiger partial charge is 0.0587 e. The fourth-order valence-electron chi connectivity index (χ4n) is 0.686. The van der Waals surface area contributed by atoms with Crippen LogP contribution in [0.3, 0.4) is 0 Å². The van der Waals surface area contributed by atoms with Crippen molar-refractivity contribution in [1.29, 1.82) is 0 Å². The first-order chi connectivity index (χ1) is 7.06. The molecule has 1 rings (SSSR count). The summed E-state index contributed by atoms with van der Waals surface area (Å²) in [6.45, 7) is 14.5. The average molecular weight is 210 g/mol. The van der Waals surface area contributed by atoms with E-state index in [2.05, 4.69) is 37.7 Å². The van der Waals surface area contributed by atoms with Gasteiger partial charge in [-0.05, 0) is 19.3 Å². The van der Waals surface area contributed by atoms with Crippen molar-refractivity contribution in [2.45, 2.75) is 54.9 Å². The van der Waals surface area contributed by atoms with Gasteiger partial charge >= 0.3 is 0 Å². The molecule has 15 heavy (non-hydrogen) atoms. The lowest BCUT2D eigenvalue weighted by Gasteiger charge is -1.93. The van der Waals surface area contributed by atoms with Gasteiger partial charge < -0.3 is 0 Å². The summed E-state index contributed by atoms with van der Waals surface area (Å²) in [7, 11) is 0. The summed E-state index contributed by atoms with van der Waals surface area (Å²) in [6.07, 6.45) is 4.53. The Kier molecular flexibility index (Phi) is 12.3. The van der Waals surface area contributed by atoms with E-state index < -0.39 is 0 Å². The molecule has 0 radical (unpaired) electrons. The van der Waals surface area contributed by atoms with Crippen molar-refractivity contribution >= 4 is 0 Å².